The van der Waals surface area contributed by atoms with Crippen molar-refractivity contribution in [2.45, 2.75) is 6.42 Å². The molecule has 0 saturated carbocycles. The van der Waals surface area contributed by atoms with E-state index in [4.69, 9.17) is 0 Å². The van der Waals surface area contributed by atoms with Crippen molar-refractivity contribution in [1.29, 1.82) is 0 Å². The number of rotatable bonds is 4. The van der Waals surface area contributed by atoms with E-state index in [-0.39, 0.29) is 0 Å². The quantitative estimate of drug-likeness (QED) is 0.678. The summed E-state index contributed by atoms with van der Waals surface area (Å²) in [4.78, 5) is 25.2. The van der Waals surface area contributed by atoms with Crippen LogP contribution in [0.3, 0.4) is 0 Å². The van der Waals surface area contributed by atoms with Gasteiger partial charge in [-0.2, -0.15) is 0 Å². The monoisotopic (exact) mass is 296 g/mol. The summed E-state index contributed by atoms with van der Waals surface area (Å²) in [6, 6.07) is 5.42. The van der Waals surface area contributed by atoms with E-state index in [0.29, 0.717) is 22.3 Å². The Labute approximate surface area is 108 Å². The summed E-state index contributed by atoms with van der Waals surface area (Å²) in [5, 5.41) is 3.02. The van der Waals surface area contributed by atoms with Crippen LogP contribution in [0, 0.1) is 0 Å². The first-order valence-electron chi connectivity index (χ1n) is 5.46. The van der Waals surface area contributed by atoms with Gasteiger partial charge in [-0.25, -0.2) is 0 Å². The van der Waals surface area contributed by atoms with Crippen LogP contribution in [0.2, 0.25) is 0 Å². The Morgan fingerprint density at radius 2 is 2.12 bits per heavy atom. The number of Topliss-reactive ketones (excluding diaryl/α,β-unsaturated/α-hetero) is 1. The molecule has 17 heavy (non-hydrogen) atoms. The Morgan fingerprint density at radius 1 is 1.35 bits per heavy atom. The van der Waals surface area contributed by atoms with Crippen LogP contribution >= 0.6 is 15.9 Å². The lowest BCUT2D eigenvalue weighted by atomic mass is 10.1. The SMILES string of the molecule is CNCCCN1C(=O)C(=O)c2c(Br)cccc21. The van der Waals surface area contributed by atoms with Crippen LogP contribution in [0.15, 0.2) is 22.7 Å². The number of carbonyl (C=O) groups is 2. The lowest BCUT2D eigenvalue weighted by Crippen LogP contribution is -2.32. The first-order valence-corrected chi connectivity index (χ1v) is 6.25. The molecule has 1 aromatic rings. The van der Waals surface area contributed by atoms with Crippen LogP contribution in [-0.2, 0) is 4.79 Å². The van der Waals surface area contributed by atoms with Gasteiger partial charge in [0.15, 0.2) is 0 Å². The van der Waals surface area contributed by atoms with Crippen LogP contribution in [0.25, 0.3) is 0 Å². The van der Waals surface area contributed by atoms with E-state index in [2.05, 4.69) is 21.2 Å². The minimum atomic E-state index is -0.428. The summed E-state index contributed by atoms with van der Waals surface area (Å²) in [5.74, 6) is -0.847. The highest BCUT2D eigenvalue weighted by molar-refractivity contribution is 9.10. The van der Waals surface area contributed by atoms with E-state index < -0.39 is 11.7 Å². The molecule has 0 bridgehead atoms. The molecule has 0 saturated heterocycles. The molecule has 4 nitrogen and oxygen atoms in total. The third-order valence-corrected chi connectivity index (χ3v) is 3.42. The summed E-state index contributed by atoms with van der Waals surface area (Å²) in [7, 11) is 1.86. The molecule has 1 aliphatic heterocycles. The molecule has 1 aromatic carbocycles. The Morgan fingerprint density at radius 3 is 2.82 bits per heavy atom. The molecule has 1 N–H and O–H groups in total. The van der Waals surface area contributed by atoms with Crippen LogP contribution in [0.4, 0.5) is 5.69 Å². The smallest absolute Gasteiger partial charge is 0.299 e. The zero-order valence-electron chi connectivity index (χ0n) is 9.50. The van der Waals surface area contributed by atoms with Gasteiger partial charge in [-0.15, -0.1) is 0 Å². The molecular formula is C12H13BrN2O2. The number of benzene rings is 1. The highest BCUT2D eigenvalue weighted by Crippen LogP contribution is 2.34. The number of anilines is 1. The molecule has 1 heterocycles. The Balaban J connectivity index is 2.29. The van der Waals surface area contributed by atoms with Crippen molar-refractivity contribution in [2.75, 3.05) is 25.0 Å². The third kappa shape index (κ3) is 2.12. The molecule has 0 aliphatic carbocycles. The highest BCUT2D eigenvalue weighted by Gasteiger charge is 2.36. The number of carbonyl (C=O) groups excluding carboxylic acids is 2. The molecule has 0 fully saturated rings. The number of hydrogen-bond donors (Lipinski definition) is 1. The number of fused-ring (bicyclic) bond motifs is 1. The van der Waals surface area contributed by atoms with E-state index in [1.807, 2.05) is 19.2 Å². The van der Waals surface area contributed by atoms with Gasteiger partial charge in [0.2, 0.25) is 0 Å². The fourth-order valence-electron chi connectivity index (χ4n) is 1.94. The first kappa shape index (κ1) is 12.3. The van der Waals surface area contributed by atoms with E-state index in [9.17, 15) is 9.59 Å². The molecule has 0 radical (unpaired) electrons. The second kappa shape index (κ2) is 4.98. The summed E-state index contributed by atoms with van der Waals surface area (Å²) in [5.41, 5.74) is 1.20. The van der Waals surface area contributed by atoms with Gasteiger partial charge in [-0.3, -0.25) is 9.59 Å². The van der Waals surface area contributed by atoms with Crippen molar-refractivity contribution in [1.82, 2.24) is 5.32 Å². The Bertz CT molecular complexity index is 474. The summed E-state index contributed by atoms with van der Waals surface area (Å²) in [6.45, 7) is 1.39. The van der Waals surface area contributed by atoms with Gasteiger partial charge in [0.05, 0.1) is 11.3 Å². The minimum absolute atomic E-state index is 0.420. The molecule has 2 rings (SSSR count). The topological polar surface area (TPSA) is 49.4 Å². The molecule has 1 amide bonds. The van der Waals surface area contributed by atoms with Crippen LogP contribution < -0.4 is 10.2 Å². The van der Waals surface area contributed by atoms with Crippen molar-refractivity contribution >= 4 is 33.3 Å². The van der Waals surface area contributed by atoms with Crippen LogP contribution in [-0.4, -0.2) is 31.8 Å². The molecular weight excluding hydrogens is 284 g/mol. The lowest BCUT2D eigenvalue weighted by molar-refractivity contribution is -0.114. The standard InChI is InChI=1S/C12H13BrN2O2/c1-14-6-3-7-15-9-5-2-4-8(13)10(9)11(16)12(15)17/h2,4-5,14H,3,6-7H2,1H3. The van der Waals surface area contributed by atoms with Crippen molar-refractivity contribution in [2.24, 2.45) is 0 Å². The average Bonchev–Trinajstić information content (AvgIpc) is 2.55. The number of ketones is 1. The molecule has 5 heteroatoms. The number of amides is 1. The van der Waals surface area contributed by atoms with E-state index in [1.165, 1.54) is 0 Å². The molecule has 0 unspecified atom stereocenters. The maximum atomic E-state index is 11.8. The highest BCUT2D eigenvalue weighted by atomic mass is 79.9. The van der Waals surface area contributed by atoms with E-state index in [0.717, 1.165) is 13.0 Å². The third-order valence-electron chi connectivity index (χ3n) is 2.76. The van der Waals surface area contributed by atoms with E-state index in [1.54, 1.807) is 11.0 Å². The first-order chi connectivity index (χ1) is 8.16. The minimum Gasteiger partial charge on any atom is -0.320 e. The predicted octanol–water partition coefficient (Wildman–Crippen LogP) is 1.59. The van der Waals surface area contributed by atoms with Crippen LogP contribution in [0.5, 0.6) is 0 Å². The van der Waals surface area contributed by atoms with Gasteiger partial charge in [0.25, 0.3) is 11.7 Å². The molecule has 0 spiro atoms. The number of nitrogens with one attached hydrogen (secondary N) is 1. The Kier molecular flexibility index (Phi) is 3.59. The van der Waals surface area contributed by atoms with E-state index >= 15 is 0 Å². The van der Waals surface area contributed by atoms with Gasteiger partial charge < -0.3 is 10.2 Å². The van der Waals surface area contributed by atoms with Crippen molar-refractivity contribution in [3.63, 3.8) is 0 Å². The summed E-state index contributed by atoms with van der Waals surface area (Å²) in [6.07, 6.45) is 0.821. The largest absolute Gasteiger partial charge is 0.320 e. The second-order valence-corrected chi connectivity index (χ2v) is 4.73. The second-order valence-electron chi connectivity index (χ2n) is 3.88. The molecule has 0 aromatic heterocycles. The van der Waals surface area contributed by atoms with Crippen molar-refractivity contribution in [3.05, 3.63) is 28.2 Å². The van der Waals surface area contributed by atoms with Crippen LogP contribution in [0.1, 0.15) is 16.8 Å². The molecule has 90 valence electrons. The maximum Gasteiger partial charge on any atom is 0.299 e. The van der Waals surface area contributed by atoms with Gasteiger partial charge in [-0.05, 0) is 48.1 Å². The number of nitrogens with zero attached hydrogens (tertiary/aromatic N) is 1. The van der Waals surface area contributed by atoms with Crippen molar-refractivity contribution in [3.8, 4) is 0 Å². The summed E-state index contributed by atoms with van der Waals surface area (Å²) < 4.78 is 0.685. The maximum absolute atomic E-state index is 11.8. The van der Waals surface area contributed by atoms with Crippen molar-refractivity contribution < 1.29 is 9.59 Å². The van der Waals surface area contributed by atoms with Gasteiger partial charge >= 0.3 is 0 Å². The number of halogens is 1. The summed E-state index contributed by atoms with van der Waals surface area (Å²) >= 11 is 3.31. The van der Waals surface area contributed by atoms with Gasteiger partial charge in [0, 0.05) is 11.0 Å². The Hall–Kier alpha value is -1.20. The van der Waals surface area contributed by atoms with Gasteiger partial charge in [0.1, 0.15) is 0 Å². The average molecular weight is 297 g/mol. The molecule has 1 aliphatic rings. The zero-order chi connectivity index (χ0) is 12.4. The number of hydrogen-bond acceptors (Lipinski definition) is 3. The molecule has 0 atom stereocenters. The lowest BCUT2D eigenvalue weighted by Gasteiger charge is -2.16. The fourth-order valence-corrected chi connectivity index (χ4v) is 2.47. The zero-order valence-corrected chi connectivity index (χ0v) is 11.1. The normalized spacial score (nSPS) is 14.4. The fraction of sp³-hybridized carbons (Fsp3) is 0.333. The predicted molar refractivity (Wildman–Crippen MR) is 69.4 cm³/mol. The van der Waals surface area contributed by atoms with Gasteiger partial charge in [-0.1, -0.05) is 6.07 Å².